The van der Waals surface area contributed by atoms with Gasteiger partial charge in [-0.3, -0.25) is 4.79 Å². The molecule has 0 spiro atoms. The van der Waals surface area contributed by atoms with Gasteiger partial charge in [-0.2, -0.15) is 4.98 Å². The van der Waals surface area contributed by atoms with Crippen LogP contribution < -0.4 is 9.64 Å². The molecular formula is C17H19N4NaO4. The van der Waals surface area contributed by atoms with Crippen LogP contribution in [0.5, 0.6) is 5.88 Å². The van der Waals surface area contributed by atoms with Crippen molar-refractivity contribution in [1.29, 1.82) is 0 Å². The van der Waals surface area contributed by atoms with E-state index in [-0.39, 0.29) is 46.6 Å². The number of ether oxygens (including phenoxy) is 1. The van der Waals surface area contributed by atoms with Crippen LogP contribution in [0.25, 0.3) is 0 Å². The van der Waals surface area contributed by atoms with Crippen LogP contribution in [0.15, 0.2) is 36.5 Å². The van der Waals surface area contributed by atoms with Crippen molar-refractivity contribution in [3.63, 3.8) is 0 Å². The van der Waals surface area contributed by atoms with Gasteiger partial charge in [0.2, 0.25) is 11.8 Å². The van der Waals surface area contributed by atoms with Gasteiger partial charge in [-0.05, 0) is 12.1 Å². The molecule has 0 saturated carbocycles. The van der Waals surface area contributed by atoms with Crippen LogP contribution in [0.1, 0.15) is 20.7 Å². The van der Waals surface area contributed by atoms with Crippen molar-refractivity contribution in [3.05, 3.63) is 47.7 Å². The number of methoxy groups -OCH3 is 1. The van der Waals surface area contributed by atoms with Crippen LogP contribution in [0, 0.1) is 0 Å². The van der Waals surface area contributed by atoms with Crippen LogP contribution in [0.4, 0.5) is 5.95 Å². The number of aromatic carboxylic acids is 1. The standard InChI is InChI=1S/C17H18N4O4.Na.H/c1-25-14-6-7-18-17(19-14)21-10-8-20(9-11-21)15(22)12-4-2-3-5-13(12)16(23)24;;/h2-7H,8-11H2,1H3,(H,23,24);;. The fraction of sp³-hybridized carbons (Fsp3) is 0.294. The first-order valence-electron chi connectivity index (χ1n) is 7.83. The van der Waals surface area contributed by atoms with Gasteiger partial charge < -0.3 is 19.6 Å². The fourth-order valence-corrected chi connectivity index (χ4v) is 2.73. The van der Waals surface area contributed by atoms with Crippen molar-refractivity contribution in [3.8, 4) is 5.88 Å². The summed E-state index contributed by atoms with van der Waals surface area (Å²) in [4.78, 5) is 36.1. The molecule has 1 aliphatic rings. The Balaban J connectivity index is 0.00000243. The van der Waals surface area contributed by atoms with Gasteiger partial charge in [-0.1, -0.05) is 12.1 Å². The van der Waals surface area contributed by atoms with Gasteiger partial charge in [0, 0.05) is 38.4 Å². The molecule has 3 rings (SSSR count). The molecule has 2 aromatic rings. The molecule has 1 amide bonds. The molecule has 1 fully saturated rings. The maximum atomic E-state index is 12.7. The number of piperazine rings is 1. The summed E-state index contributed by atoms with van der Waals surface area (Å²) in [5.41, 5.74) is 0.229. The third kappa shape index (κ3) is 4.32. The Morgan fingerprint density at radius 1 is 1.08 bits per heavy atom. The van der Waals surface area contributed by atoms with Gasteiger partial charge in [0.25, 0.3) is 5.91 Å². The van der Waals surface area contributed by atoms with E-state index in [1.807, 2.05) is 4.90 Å². The number of aromatic nitrogens is 2. The quantitative estimate of drug-likeness (QED) is 0.787. The second-order valence-electron chi connectivity index (χ2n) is 5.53. The van der Waals surface area contributed by atoms with Crippen molar-refractivity contribution in [2.24, 2.45) is 0 Å². The monoisotopic (exact) mass is 366 g/mol. The molecule has 0 unspecified atom stereocenters. The Kier molecular flexibility index (Phi) is 6.96. The van der Waals surface area contributed by atoms with Gasteiger partial charge in [0.15, 0.2) is 0 Å². The number of anilines is 1. The summed E-state index contributed by atoms with van der Waals surface area (Å²) in [7, 11) is 1.54. The predicted molar refractivity (Wildman–Crippen MR) is 97.3 cm³/mol. The molecule has 132 valence electrons. The Hall–Kier alpha value is -2.16. The number of amides is 1. The Bertz CT molecular complexity index is 794. The summed E-state index contributed by atoms with van der Waals surface area (Å²) in [5.74, 6) is -0.340. The Labute approximate surface area is 173 Å². The van der Waals surface area contributed by atoms with Gasteiger partial charge in [0.05, 0.1) is 18.2 Å². The average Bonchev–Trinajstić information content (AvgIpc) is 2.67. The van der Waals surface area contributed by atoms with Crippen molar-refractivity contribution >= 4 is 47.4 Å². The van der Waals surface area contributed by atoms with E-state index in [0.29, 0.717) is 38.0 Å². The van der Waals surface area contributed by atoms with Crippen LogP contribution in [-0.2, 0) is 0 Å². The number of hydrogen-bond donors (Lipinski definition) is 1. The number of carbonyl (C=O) groups is 2. The first-order chi connectivity index (χ1) is 12.1. The zero-order valence-corrected chi connectivity index (χ0v) is 13.8. The Morgan fingerprint density at radius 3 is 2.35 bits per heavy atom. The van der Waals surface area contributed by atoms with Crippen molar-refractivity contribution in [2.75, 3.05) is 38.2 Å². The van der Waals surface area contributed by atoms with E-state index in [0.717, 1.165) is 0 Å². The number of carboxylic acid groups (broad SMARTS) is 1. The van der Waals surface area contributed by atoms with E-state index < -0.39 is 5.97 Å². The summed E-state index contributed by atoms with van der Waals surface area (Å²) in [6, 6.07) is 7.93. The molecule has 1 aromatic heterocycles. The molecule has 9 heteroatoms. The second kappa shape index (κ2) is 8.98. The average molecular weight is 366 g/mol. The third-order valence-electron chi connectivity index (χ3n) is 4.06. The Morgan fingerprint density at radius 2 is 1.73 bits per heavy atom. The number of carboxylic acids is 1. The molecule has 1 saturated heterocycles. The molecular weight excluding hydrogens is 347 g/mol. The van der Waals surface area contributed by atoms with E-state index in [1.165, 1.54) is 6.07 Å². The van der Waals surface area contributed by atoms with E-state index in [2.05, 4.69) is 9.97 Å². The van der Waals surface area contributed by atoms with Crippen LogP contribution in [0.2, 0.25) is 0 Å². The van der Waals surface area contributed by atoms with Gasteiger partial charge in [-0.25, -0.2) is 9.78 Å². The van der Waals surface area contributed by atoms with Gasteiger partial charge in [-0.15, -0.1) is 0 Å². The molecule has 26 heavy (non-hydrogen) atoms. The predicted octanol–water partition coefficient (Wildman–Crippen LogP) is 0.497. The minimum absolute atomic E-state index is 0. The summed E-state index contributed by atoms with van der Waals surface area (Å²) in [6.45, 7) is 2.06. The first-order valence-corrected chi connectivity index (χ1v) is 7.83. The second-order valence-corrected chi connectivity index (χ2v) is 5.53. The SMILES string of the molecule is COc1ccnc(N2CCN(C(=O)c3ccccc3C(=O)O)CC2)n1.[NaH]. The number of nitrogens with zero attached hydrogens (tertiary/aromatic N) is 4. The molecule has 1 aromatic carbocycles. The van der Waals surface area contributed by atoms with Gasteiger partial charge >= 0.3 is 35.5 Å². The number of carbonyl (C=O) groups excluding carboxylic acids is 1. The number of benzene rings is 1. The summed E-state index contributed by atoms with van der Waals surface area (Å²) in [5, 5.41) is 9.25. The fourth-order valence-electron chi connectivity index (χ4n) is 2.73. The van der Waals surface area contributed by atoms with Crippen LogP contribution >= 0.6 is 0 Å². The molecule has 1 N–H and O–H groups in total. The van der Waals surface area contributed by atoms with Crippen LogP contribution in [0.3, 0.4) is 0 Å². The summed E-state index contributed by atoms with van der Waals surface area (Å²) >= 11 is 0. The van der Waals surface area contributed by atoms with Crippen LogP contribution in [-0.4, -0.2) is 94.7 Å². The summed E-state index contributed by atoms with van der Waals surface area (Å²) in [6.07, 6.45) is 1.63. The molecule has 0 atom stereocenters. The molecule has 0 aliphatic carbocycles. The van der Waals surface area contributed by atoms with E-state index >= 15 is 0 Å². The maximum absolute atomic E-state index is 12.7. The number of rotatable bonds is 4. The topological polar surface area (TPSA) is 95.9 Å². The first kappa shape index (κ1) is 20.2. The zero-order valence-electron chi connectivity index (χ0n) is 13.8. The van der Waals surface area contributed by atoms with E-state index in [9.17, 15) is 14.7 Å². The van der Waals surface area contributed by atoms with Crippen molar-refractivity contribution < 1.29 is 19.4 Å². The van der Waals surface area contributed by atoms with Crippen molar-refractivity contribution in [2.45, 2.75) is 0 Å². The molecule has 1 aliphatic heterocycles. The molecule has 0 radical (unpaired) electrons. The molecule has 2 heterocycles. The minimum atomic E-state index is -1.10. The molecule has 0 bridgehead atoms. The van der Waals surface area contributed by atoms with Gasteiger partial charge in [0.1, 0.15) is 0 Å². The van der Waals surface area contributed by atoms with E-state index in [4.69, 9.17) is 4.74 Å². The zero-order chi connectivity index (χ0) is 17.8. The van der Waals surface area contributed by atoms with Crippen molar-refractivity contribution in [1.82, 2.24) is 14.9 Å². The third-order valence-corrected chi connectivity index (χ3v) is 4.06. The van der Waals surface area contributed by atoms with E-state index in [1.54, 1.807) is 42.5 Å². The normalized spacial score (nSPS) is 13.7. The molecule has 8 nitrogen and oxygen atoms in total. The number of hydrogen-bond acceptors (Lipinski definition) is 6. The summed E-state index contributed by atoms with van der Waals surface area (Å²) < 4.78 is 5.10.